The van der Waals surface area contributed by atoms with Crippen LogP contribution in [0.1, 0.15) is 11.1 Å². The van der Waals surface area contributed by atoms with E-state index < -0.39 is 0 Å². The third-order valence-electron chi connectivity index (χ3n) is 5.49. The van der Waals surface area contributed by atoms with Crippen LogP contribution in [-0.4, -0.2) is 12.4 Å². The molecule has 5 rings (SSSR count). The van der Waals surface area contributed by atoms with Crippen molar-refractivity contribution in [3.05, 3.63) is 145 Å². The molecule has 0 spiro atoms. The van der Waals surface area contributed by atoms with Gasteiger partial charge in [-0.25, -0.2) is 0 Å². The van der Waals surface area contributed by atoms with E-state index >= 15 is 0 Å². The first-order valence-electron chi connectivity index (χ1n) is 11.2. The van der Waals surface area contributed by atoms with E-state index in [4.69, 9.17) is 9.98 Å². The van der Waals surface area contributed by atoms with E-state index in [0.29, 0.717) is 0 Å². The second-order valence-corrected chi connectivity index (χ2v) is 7.73. The Balaban J connectivity index is 0.00000289. The summed E-state index contributed by atoms with van der Waals surface area (Å²) < 4.78 is 0. The number of para-hydroxylation sites is 2. The molecule has 0 unspecified atom stereocenters. The fourth-order valence-electron chi connectivity index (χ4n) is 3.80. The zero-order chi connectivity index (χ0) is 23.0. The SMILES string of the molecule is [Pt+2].[c-]1cccc(-c2ccccc2)c1C=Nc1ccccc1N=Cc1[c-]cccc1-c1ccccc1. The van der Waals surface area contributed by atoms with Crippen molar-refractivity contribution in [3.8, 4) is 22.3 Å². The molecule has 0 bridgehead atoms. The second kappa shape index (κ2) is 12.0. The van der Waals surface area contributed by atoms with Gasteiger partial charge in [0.15, 0.2) is 0 Å². The van der Waals surface area contributed by atoms with Crippen molar-refractivity contribution in [3.63, 3.8) is 0 Å². The van der Waals surface area contributed by atoms with Crippen molar-refractivity contribution in [2.45, 2.75) is 0 Å². The van der Waals surface area contributed by atoms with Crippen molar-refractivity contribution < 1.29 is 21.1 Å². The summed E-state index contributed by atoms with van der Waals surface area (Å²) >= 11 is 0. The molecule has 0 saturated carbocycles. The van der Waals surface area contributed by atoms with Gasteiger partial charge in [-0.1, -0.05) is 95.1 Å². The molecule has 0 aliphatic rings. The van der Waals surface area contributed by atoms with E-state index in [2.05, 4.69) is 48.5 Å². The fraction of sp³-hybridized carbons (Fsp3) is 0. The van der Waals surface area contributed by atoms with Crippen molar-refractivity contribution in [2.24, 2.45) is 9.98 Å². The number of rotatable bonds is 6. The van der Waals surface area contributed by atoms with Crippen molar-refractivity contribution in [1.82, 2.24) is 0 Å². The molecule has 0 saturated heterocycles. The molecule has 0 aromatic heterocycles. The average Bonchev–Trinajstić information content (AvgIpc) is 2.92. The van der Waals surface area contributed by atoms with Gasteiger partial charge in [-0.05, 0) is 24.6 Å². The topological polar surface area (TPSA) is 24.7 Å². The summed E-state index contributed by atoms with van der Waals surface area (Å²) in [5.74, 6) is 0. The van der Waals surface area contributed by atoms with E-state index in [-0.39, 0.29) is 21.1 Å². The van der Waals surface area contributed by atoms with Gasteiger partial charge in [0.05, 0.1) is 11.4 Å². The monoisotopic (exact) mass is 629 g/mol. The molecule has 0 aliphatic heterocycles. The van der Waals surface area contributed by atoms with Crippen LogP contribution < -0.4 is 0 Å². The largest absolute Gasteiger partial charge is 2.00 e. The minimum atomic E-state index is 0. The Kier molecular flexibility index (Phi) is 8.33. The molecule has 0 aliphatic carbocycles. The van der Waals surface area contributed by atoms with E-state index in [1.165, 1.54) is 0 Å². The molecule has 5 aromatic rings. The van der Waals surface area contributed by atoms with E-state index in [1.807, 2.05) is 97.4 Å². The van der Waals surface area contributed by atoms with Gasteiger partial charge >= 0.3 is 21.1 Å². The molecule has 170 valence electrons. The van der Waals surface area contributed by atoms with Gasteiger partial charge in [0.1, 0.15) is 0 Å². The van der Waals surface area contributed by atoms with Crippen LogP contribution in [0.3, 0.4) is 0 Å². The zero-order valence-corrected chi connectivity index (χ0v) is 21.2. The predicted molar refractivity (Wildman–Crippen MR) is 142 cm³/mol. The number of aliphatic imine (C=N–C) groups is 2. The molecule has 0 fully saturated rings. The molecule has 2 nitrogen and oxygen atoms in total. The molecular formula is C32H22N2Pt. The summed E-state index contributed by atoms with van der Waals surface area (Å²) in [6.07, 6.45) is 3.72. The summed E-state index contributed by atoms with van der Waals surface area (Å²) in [4.78, 5) is 9.55. The van der Waals surface area contributed by atoms with E-state index in [1.54, 1.807) is 0 Å². The van der Waals surface area contributed by atoms with Gasteiger partial charge in [0.25, 0.3) is 0 Å². The normalized spacial score (nSPS) is 11.0. The van der Waals surface area contributed by atoms with Crippen LogP contribution in [0.4, 0.5) is 11.4 Å². The molecule has 35 heavy (non-hydrogen) atoms. The van der Waals surface area contributed by atoms with Gasteiger partial charge in [-0.2, -0.15) is 0 Å². The molecule has 3 heteroatoms. The summed E-state index contributed by atoms with van der Waals surface area (Å²) in [5.41, 5.74) is 7.95. The molecule has 0 N–H and O–H groups in total. The van der Waals surface area contributed by atoms with Crippen LogP contribution >= 0.6 is 0 Å². The van der Waals surface area contributed by atoms with Crippen LogP contribution in [0, 0.1) is 12.1 Å². The van der Waals surface area contributed by atoms with Gasteiger partial charge < -0.3 is 9.98 Å². The van der Waals surface area contributed by atoms with E-state index in [0.717, 1.165) is 44.8 Å². The van der Waals surface area contributed by atoms with E-state index in [9.17, 15) is 0 Å². The van der Waals surface area contributed by atoms with Crippen molar-refractivity contribution in [2.75, 3.05) is 0 Å². The zero-order valence-electron chi connectivity index (χ0n) is 18.9. The van der Waals surface area contributed by atoms with Gasteiger partial charge in [0.2, 0.25) is 0 Å². The summed E-state index contributed by atoms with van der Waals surface area (Å²) in [6.45, 7) is 0. The smallest absolute Gasteiger partial charge is 0.302 e. The molecule has 0 amide bonds. The van der Waals surface area contributed by atoms with Crippen molar-refractivity contribution in [1.29, 1.82) is 0 Å². The maximum absolute atomic E-state index is 4.78. The summed E-state index contributed by atoms with van der Waals surface area (Å²) in [6, 6.07) is 47.1. The predicted octanol–water partition coefficient (Wildman–Crippen LogP) is 8.12. The molecular weight excluding hydrogens is 607 g/mol. The number of benzene rings is 5. The Morgan fingerprint density at radius 3 is 1.29 bits per heavy atom. The van der Waals surface area contributed by atoms with Gasteiger partial charge in [0, 0.05) is 0 Å². The Labute approximate surface area is 221 Å². The number of nitrogens with zero attached hydrogens (tertiary/aromatic N) is 2. The molecule has 5 aromatic carbocycles. The third-order valence-corrected chi connectivity index (χ3v) is 5.49. The maximum Gasteiger partial charge on any atom is 2.00 e. The summed E-state index contributed by atoms with van der Waals surface area (Å²) in [5, 5.41) is 0. The molecule has 0 radical (unpaired) electrons. The van der Waals surface area contributed by atoms with Crippen LogP contribution in [0.2, 0.25) is 0 Å². The number of hydrogen-bond donors (Lipinski definition) is 0. The maximum atomic E-state index is 4.78. The minimum Gasteiger partial charge on any atom is -0.302 e. The average molecular weight is 630 g/mol. The molecule has 0 heterocycles. The first kappa shape index (κ1) is 24.3. The Bertz CT molecular complexity index is 1330. The van der Waals surface area contributed by atoms with Crippen LogP contribution in [0.25, 0.3) is 22.3 Å². The second-order valence-electron chi connectivity index (χ2n) is 7.73. The first-order valence-corrected chi connectivity index (χ1v) is 11.2. The van der Waals surface area contributed by atoms with Gasteiger partial charge in [-0.3, -0.25) is 0 Å². The van der Waals surface area contributed by atoms with Crippen molar-refractivity contribution >= 4 is 23.8 Å². The standard InChI is InChI=1S/C32H22N2.Pt/c1-3-13-25(14-4-1)29-19-9-7-17-27(29)23-33-31-21-11-12-22-32(31)34-24-28-18-8-10-20-30(28)26-15-5-2-6-16-26;/h1-16,19-24H;/q-2;+2. The summed E-state index contributed by atoms with van der Waals surface area (Å²) in [7, 11) is 0. The Hall–Kier alpha value is -3.87. The Morgan fingerprint density at radius 1 is 0.457 bits per heavy atom. The van der Waals surface area contributed by atoms with Crippen LogP contribution in [0.5, 0.6) is 0 Å². The fourth-order valence-corrected chi connectivity index (χ4v) is 3.80. The first-order chi connectivity index (χ1) is 16.9. The van der Waals surface area contributed by atoms with Crippen LogP contribution in [0.15, 0.2) is 131 Å². The molecule has 0 atom stereocenters. The minimum absolute atomic E-state index is 0. The quantitative estimate of drug-likeness (QED) is 0.134. The Morgan fingerprint density at radius 2 is 0.857 bits per heavy atom. The van der Waals surface area contributed by atoms with Gasteiger partial charge in [-0.15, -0.1) is 59.7 Å². The van der Waals surface area contributed by atoms with Crippen LogP contribution in [-0.2, 0) is 21.1 Å². The third kappa shape index (κ3) is 5.98. The number of hydrogen-bond acceptors (Lipinski definition) is 2.